The summed E-state index contributed by atoms with van der Waals surface area (Å²) in [5.74, 6) is 0.822. The molecule has 1 unspecified atom stereocenters. The van der Waals surface area contributed by atoms with Gasteiger partial charge >= 0.3 is 0 Å². The zero-order valence-corrected chi connectivity index (χ0v) is 13.1. The Bertz CT molecular complexity index is 600. The summed E-state index contributed by atoms with van der Waals surface area (Å²) in [5, 5.41) is 0. The molecule has 0 aliphatic heterocycles. The van der Waals surface area contributed by atoms with E-state index in [1.54, 1.807) is 12.2 Å². The molecule has 0 aromatic heterocycles. The average Bonchev–Trinajstić information content (AvgIpc) is 2.56. The van der Waals surface area contributed by atoms with E-state index in [1.165, 1.54) is 0 Å². The Labute approximate surface area is 128 Å². The van der Waals surface area contributed by atoms with Gasteiger partial charge in [-0.25, -0.2) is 0 Å². The third kappa shape index (κ3) is 5.02. The smallest absolute Gasteiger partial charge is 0.150 e. The fourth-order valence-electron chi connectivity index (χ4n) is 1.73. The summed E-state index contributed by atoms with van der Waals surface area (Å²) in [5.41, 5.74) is 2.56. The summed E-state index contributed by atoms with van der Waals surface area (Å²) in [6.45, 7) is 8.70. The van der Waals surface area contributed by atoms with Crippen LogP contribution in [-0.4, -0.2) is 13.0 Å². The summed E-state index contributed by atoms with van der Waals surface area (Å²) >= 11 is 0. The molecule has 0 saturated carbocycles. The molecule has 2 aromatic rings. The van der Waals surface area contributed by atoms with Crippen molar-refractivity contribution in [2.45, 2.75) is 0 Å². The molecule has 0 saturated heterocycles. The largest absolute Gasteiger partial charge is 0.477 e. The van der Waals surface area contributed by atoms with E-state index in [4.69, 9.17) is 4.52 Å². The highest BCUT2D eigenvalue weighted by atomic mass is 31.1. The van der Waals surface area contributed by atoms with Crippen molar-refractivity contribution < 1.29 is 9.32 Å². The lowest BCUT2D eigenvalue weighted by Crippen LogP contribution is -1.89. The van der Waals surface area contributed by atoms with E-state index < -0.39 is 0 Å². The molecule has 3 heteroatoms. The van der Waals surface area contributed by atoms with Crippen molar-refractivity contribution >= 4 is 15.1 Å². The SMILES string of the molecule is C=CC=C.CPOc1ccccc1-c1ccccc1C=O. The van der Waals surface area contributed by atoms with Crippen molar-refractivity contribution in [1.29, 1.82) is 0 Å². The van der Waals surface area contributed by atoms with Crippen LogP contribution in [0.5, 0.6) is 5.75 Å². The molecule has 0 fully saturated rings. The molecular formula is C18H19O2P. The van der Waals surface area contributed by atoms with Crippen LogP contribution in [0.15, 0.2) is 73.8 Å². The molecule has 0 heterocycles. The summed E-state index contributed by atoms with van der Waals surface area (Å²) in [6.07, 6.45) is 4.15. The van der Waals surface area contributed by atoms with Crippen molar-refractivity contribution in [2.24, 2.45) is 0 Å². The van der Waals surface area contributed by atoms with Gasteiger partial charge in [-0.2, -0.15) is 0 Å². The molecule has 0 amide bonds. The van der Waals surface area contributed by atoms with E-state index >= 15 is 0 Å². The third-order valence-corrected chi connectivity index (χ3v) is 3.07. The van der Waals surface area contributed by atoms with E-state index in [0.717, 1.165) is 23.2 Å². The molecule has 0 bridgehead atoms. The molecule has 0 aliphatic rings. The average molecular weight is 298 g/mol. The molecule has 0 N–H and O–H groups in total. The Morgan fingerprint density at radius 1 is 0.952 bits per heavy atom. The van der Waals surface area contributed by atoms with Crippen molar-refractivity contribution in [3.05, 3.63) is 79.4 Å². The number of rotatable bonds is 5. The van der Waals surface area contributed by atoms with Crippen LogP contribution in [0.25, 0.3) is 11.1 Å². The first-order chi connectivity index (χ1) is 10.3. The lowest BCUT2D eigenvalue weighted by molar-refractivity contribution is 0.112. The molecule has 108 valence electrons. The number of aldehydes is 1. The Morgan fingerprint density at radius 3 is 2.10 bits per heavy atom. The van der Waals surface area contributed by atoms with Crippen molar-refractivity contribution in [2.75, 3.05) is 6.66 Å². The van der Waals surface area contributed by atoms with Crippen molar-refractivity contribution in [3.63, 3.8) is 0 Å². The Hall–Kier alpha value is -2.18. The highest BCUT2D eigenvalue weighted by Crippen LogP contribution is 2.33. The van der Waals surface area contributed by atoms with Crippen LogP contribution in [0.3, 0.4) is 0 Å². The third-order valence-electron chi connectivity index (χ3n) is 2.64. The molecule has 0 aliphatic carbocycles. The first kappa shape index (κ1) is 16.9. The highest BCUT2D eigenvalue weighted by Gasteiger charge is 2.08. The van der Waals surface area contributed by atoms with E-state index in [2.05, 4.69) is 13.2 Å². The Balaban J connectivity index is 0.000000491. The van der Waals surface area contributed by atoms with Gasteiger partial charge in [0, 0.05) is 11.1 Å². The van der Waals surface area contributed by atoms with Crippen LogP contribution < -0.4 is 4.52 Å². The molecular weight excluding hydrogens is 279 g/mol. The first-order valence-electron chi connectivity index (χ1n) is 6.49. The normalized spacial score (nSPS) is 9.57. The van der Waals surface area contributed by atoms with Crippen LogP contribution in [0.1, 0.15) is 10.4 Å². The first-order valence-corrected chi connectivity index (χ1v) is 7.90. The lowest BCUT2D eigenvalue weighted by atomic mass is 10.00. The summed E-state index contributed by atoms with van der Waals surface area (Å²) in [7, 11) is 0.386. The number of carbonyl (C=O) groups is 1. The number of hydrogen-bond donors (Lipinski definition) is 0. The Kier molecular flexibility index (Phi) is 7.78. The van der Waals surface area contributed by atoms with Gasteiger partial charge in [0.25, 0.3) is 0 Å². The maximum absolute atomic E-state index is 11.0. The minimum absolute atomic E-state index is 0.386. The number of para-hydroxylation sites is 1. The fraction of sp³-hybridized carbons (Fsp3) is 0.0556. The minimum atomic E-state index is 0.386. The van der Waals surface area contributed by atoms with Gasteiger partial charge < -0.3 is 4.52 Å². The molecule has 0 spiro atoms. The number of hydrogen-bond acceptors (Lipinski definition) is 2. The van der Waals surface area contributed by atoms with Crippen LogP contribution in [0.4, 0.5) is 0 Å². The van der Waals surface area contributed by atoms with E-state index in [9.17, 15) is 4.79 Å². The Morgan fingerprint density at radius 2 is 1.52 bits per heavy atom. The maximum atomic E-state index is 11.0. The molecule has 2 nitrogen and oxygen atoms in total. The van der Waals surface area contributed by atoms with Gasteiger partial charge in [-0.05, 0) is 18.3 Å². The number of carbonyl (C=O) groups excluding carboxylic acids is 1. The van der Waals surface area contributed by atoms with Crippen LogP contribution in [0.2, 0.25) is 0 Å². The van der Waals surface area contributed by atoms with Gasteiger partial charge in [0.15, 0.2) is 6.29 Å². The van der Waals surface area contributed by atoms with Gasteiger partial charge in [0.2, 0.25) is 0 Å². The lowest BCUT2D eigenvalue weighted by Gasteiger charge is -2.11. The monoisotopic (exact) mass is 298 g/mol. The number of allylic oxidation sites excluding steroid dienone is 2. The maximum Gasteiger partial charge on any atom is 0.150 e. The minimum Gasteiger partial charge on any atom is -0.477 e. The van der Waals surface area contributed by atoms with Gasteiger partial charge in [-0.15, -0.1) is 0 Å². The van der Waals surface area contributed by atoms with E-state index in [-0.39, 0.29) is 0 Å². The van der Waals surface area contributed by atoms with Crippen LogP contribution in [0, 0.1) is 0 Å². The molecule has 2 rings (SSSR count). The molecule has 2 aromatic carbocycles. The second-order valence-corrected chi connectivity index (χ2v) is 4.59. The van der Waals surface area contributed by atoms with E-state index in [0.29, 0.717) is 14.4 Å². The van der Waals surface area contributed by atoms with Gasteiger partial charge in [0.05, 0.1) is 8.81 Å². The van der Waals surface area contributed by atoms with E-state index in [1.807, 2.05) is 55.2 Å². The zero-order valence-electron chi connectivity index (χ0n) is 12.1. The standard InChI is InChI=1S/C14H13O2P.C4H6/c1-17-16-14-9-5-4-8-13(14)12-7-3-2-6-11(12)10-15;1-3-4-2/h2-10,17H,1H3;3-4H,1-2H2. The molecule has 21 heavy (non-hydrogen) atoms. The van der Waals surface area contributed by atoms with Gasteiger partial charge in [-0.3, -0.25) is 4.79 Å². The fourth-order valence-corrected chi connectivity index (χ4v) is 2.13. The van der Waals surface area contributed by atoms with Gasteiger partial charge in [0.1, 0.15) is 5.75 Å². The summed E-state index contributed by atoms with van der Waals surface area (Å²) < 4.78 is 5.60. The zero-order chi connectivity index (χ0) is 15.5. The van der Waals surface area contributed by atoms with Crippen molar-refractivity contribution in [1.82, 2.24) is 0 Å². The van der Waals surface area contributed by atoms with Crippen LogP contribution >= 0.6 is 8.81 Å². The van der Waals surface area contributed by atoms with Crippen molar-refractivity contribution in [3.8, 4) is 16.9 Å². The molecule has 0 radical (unpaired) electrons. The second kappa shape index (κ2) is 9.68. The van der Waals surface area contributed by atoms with Crippen LogP contribution in [-0.2, 0) is 0 Å². The van der Waals surface area contributed by atoms with Gasteiger partial charge in [-0.1, -0.05) is 67.8 Å². The highest BCUT2D eigenvalue weighted by molar-refractivity contribution is 7.31. The quantitative estimate of drug-likeness (QED) is 0.435. The summed E-state index contributed by atoms with van der Waals surface area (Å²) in [4.78, 5) is 11.0. The number of benzene rings is 2. The molecule has 1 atom stereocenters. The summed E-state index contributed by atoms with van der Waals surface area (Å²) in [6, 6.07) is 15.3. The predicted molar refractivity (Wildman–Crippen MR) is 92.5 cm³/mol. The second-order valence-electron chi connectivity index (χ2n) is 3.98. The predicted octanol–water partition coefficient (Wildman–Crippen LogP) is 5.13. The topological polar surface area (TPSA) is 26.3 Å².